The third kappa shape index (κ3) is 11.9. The second-order valence-corrected chi connectivity index (χ2v) is 3.16. The molecule has 0 aliphatic heterocycles. The average Bonchev–Trinajstić information content (AvgIpc) is 2.26. The Morgan fingerprint density at radius 3 is 1.60 bits per heavy atom. The summed E-state index contributed by atoms with van der Waals surface area (Å²) in [5.41, 5.74) is 11.3. The molecule has 15 heavy (non-hydrogen) atoms. The molecule has 0 aromatic heterocycles. The molecule has 2 atom stereocenters. The molecule has 1 aliphatic rings. The predicted molar refractivity (Wildman–Crippen MR) is 51.4 cm³/mol. The molecule has 7 heteroatoms. The second kappa shape index (κ2) is 12.1. The van der Waals surface area contributed by atoms with Crippen molar-refractivity contribution in [3.63, 3.8) is 0 Å². The number of aliphatic carboxylic acids is 1. The van der Waals surface area contributed by atoms with Gasteiger partial charge in [0.1, 0.15) is 6.61 Å². The summed E-state index contributed by atoms with van der Waals surface area (Å²) in [5.74, 6) is -1.19. The summed E-state index contributed by atoms with van der Waals surface area (Å²) in [6, 6.07) is 0.562. The number of carbonyl (C=O) groups is 1. The summed E-state index contributed by atoms with van der Waals surface area (Å²) < 4.78 is 6.97. The molecule has 95 valence electrons. The van der Waals surface area contributed by atoms with Gasteiger partial charge in [-0.2, -0.15) is 0 Å². The van der Waals surface area contributed by atoms with Crippen LogP contribution >= 0.6 is 0 Å². The van der Waals surface area contributed by atoms with Gasteiger partial charge >= 0.3 is 29.9 Å². The Morgan fingerprint density at radius 2 is 1.47 bits per heavy atom. The van der Waals surface area contributed by atoms with E-state index < -0.39 is 12.6 Å². The van der Waals surface area contributed by atoms with Crippen LogP contribution in [0.2, 0.25) is 0 Å². The van der Waals surface area contributed by atoms with Crippen molar-refractivity contribution in [1.29, 1.82) is 0 Å². The van der Waals surface area contributed by atoms with Crippen LogP contribution in [-0.2, 0) is 25.0 Å². The van der Waals surface area contributed by atoms with Crippen molar-refractivity contribution in [3.05, 3.63) is 0 Å². The van der Waals surface area contributed by atoms with Crippen molar-refractivity contribution in [2.45, 2.75) is 37.8 Å². The molecule has 0 aromatic rings. The molecule has 1 rings (SSSR count). The van der Waals surface area contributed by atoms with Crippen molar-refractivity contribution in [2.75, 3.05) is 6.61 Å². The van der Waals surface area contributed by atoms with Gasteiger partial charge in [-0.3, -0.25) is 0 Å². The first-order valence-electron chi connectivity index (χ1n) is 4.56. The van der Waals surface area contributed by atoms with E-state index in [-0.39, 0.29) is 12.1 Å². The number of carboxylic acid groups (broad SMARTS) is 1. The fourth-order valence-corrected chi connectivity index (χ4v) is 1.19. The van der Waals surface area contributed by atoms with Gasteiger partial charge in [0.2, 0.25) is 0 Å². The molecule has 0 amide bonds. The van der Waals surface area contributed by atoms with Gasteiger partial charge in [-0.1, -0.05) is 12.8 Å². The van der Waals surface area contributed by atoms with Crippen molar-refractivity contribution >= 4 is 5.97 Å². The molecule has 0 radical (unpaired) electrons. The number of rotatable bonds is 1. The van der Waals surface area contributed by atoms with Gasteiger partial charge in [-0.05, 0) is 12.8 Å². The van der Waals surface area contributed by atoms with Gasteiger partial charge in [0, 0.05) is 12.1 Å². The number of aliphatic hydroxyl groups excluding tert-OH is 1. The minimum absolute atomic E-state index is 0.281. The number of hydrogen-bond donors (Lipinski definition) is 5. The molecule has 1 aliphatic carbocycles. The van der Waals surface area contributed by atoms with Crippen LogP contribution < -0.4 is 11.5 Å². The maximum atomic E-state index is 9.12. The van der Waals surface area contributed by atoms with Crippen LogP contribution in [0.1, 0.15) is 25.7 Å². The first kappa shape index (κ1) is 17.4. The van der Waals surface area contributed by atoms with Crippen molar-refractivity contribution < 1.29 is 39.0 Å². The summed E-state index contributed by atoms with van der Waals surface area (Å²) in [5, 5.41) is 15.0. The van der Waals surface area contributed by atoms with E-state index in [1.54, 1.807) is 0 Å². The van der Waals surface area contributed by atoms with Crippen molar-refractivity contribution in [1.82, 2.24) is 0 Å². The maximum absolute atomic E-state index is 9.12. The Morgan fingerprint density at radius 1 is 1.20 bits per heavy atom. The van der Waals surface area contributed by atoms with Crippen LogP contribution in [0.3, 0.4) is 0 Å². The van der Waals surface area contributed by atoms with E-state index in [1.807, 2.05) is 0 Å². The Kier molecular flexibility index (Phi) is 14.0. The summed E-state index contributed by atoms with van der Waals surface area (Å²) in [6.07, 6.45) is 4.80. The third-order valence-corrected chi connectivity index (χ3v) is 2.01. The molecular weight excluding hydrogens is 383 g/mol. The molecule has 0 heterocycles. The van der Waals surface area contributed by atoms with E-state index in [0.717, 1.165) is 33.0 Å². The number of aliphatic hydroxyl groups is 1. The van der Waals surface area contributed by atoms with E-state index in [9.17, 15) is 0 Å². The molecule has 0 spiro atoms. The van der Waals surface area contributed by atoms with E-state index in [1.165, 1.54) is 12.8 Å². The number of carboxylic acids is 1. The van der Waals surface area contributed by atoms with E-state index in [0.29, 0.717) is 0 Å². The topological polar surface area (TPSA) is 130 Å². The van der Waals surface area contributed by atoms with E-state index in [4.69, 9.17) is 30.2 Å². The monoisotopic (exact) mass is 402 g/mol. The predicted octanol–water partition coefficient (Wildman–Crippen LogP) is -1.28. The van der Waals surface area contributed by atoms with Crippen LogP contribution in [-0.4, -0.2) is 38.6 Å². The summed E-state index contributed by atoms with van der Waals surface area (Å²) in [7, 11) is 0. The molecule has 0 aromatic carbocycles. The number of hydrogen-bond acceptors (Lipinski definition) is 5. The van der Waals surface area contributed by atoms with Crippen molar-refractivity contribution in [3.8, 4) is 0 Å². The molecule has 0 saturated heterocycles. The van der Waals surface area contributed by atoms with Gasteiger partial charge in [-0.15, -0.1) is 0 Å². The molecule has 2 unspecified atom stereocenters. The van der Waals surface area contributed by atoms with Crippen LogP contribution in [0.25, 0.3) is 0 Å². The average molecular weight is 402 g/mol. The van der Waals surface area contributed by atoms with Crippen LogP contribution in [0, 0.1) is 0 Å². The minimum atomic E-state index is -1.19. The molecular formula is C8H19N2O4Pt. The standard InChI is InChI=1S/C6H14N2.C2H4O3.H2O.Pt/c7-5-3-1-2-4-6(5)8;3-1-2(4)5;;/h5-6H,1-4,7-8H2;3H,1H2,(H,4,5);1H2;/q;;;+1/p-1. The van der Waals surface area contributed by atoms with Gasteiger partial charge < -0.3 is 21.7 Å². The van der Waals surface area contributed by atoms with Crippen LogP contribution in [0.15, 0.2) is 0 Å². The first-order chi connectivity index (χ1) is 7.07. The van der Waals surface area contributed by atoms with Gasteiger partial charge in [0.15, 0.2) is 0 Å². The molecule has 1 fully saturated rings. The first-order valence-corrected chi connectivity index (χ1v) is 5.57. The fraction of sp³-hybridized carbons (Fsp3) is 0.875. The van der Waals surface area contributed by atoms with Gasteiger partial charge in [-0.25, -0.2) is 4.79 Å². The Hall–Kier alpha value is -0.00169. The quantitative estimate of drug-likeness (QED) is 0.372. The van der Waals surface area contributed by atoms with Gasteiger partial charge in [0.25, 0.3) is 0 Å². The summed E-state index contributed by atoms with van der Waals surface area (Å²) in [4.78, 5) is 9.12. The Bertz CT molecular complexity index is 150. The zero-order valence-corrected chi connectivity index (χ0v) is 10.7. The molecule has 6 nitrogen and oxygen atoms in total. The molecule has 0 bridgehead atoms. The molecule has 7 N–H and O–H groups in total. The fourth-order valence-electron chi connectivity index (χ4n) is 1.19. The normalized spacial score (nSPS) is 24.1. The SMILES string of the molecule is NC1CCCCC1N.O=C(O)CO.[OH][Pt]. The Labute approximate surface area is 101 Å². The molecule has 1 saturated carbocycles. The van der Waals surface area contributed by atoms with Gasteiger partial charge in [0.05, 0.1) is 0 Å². The number of nitrogens with two attached hydrogens (primary N) is 2. The van der Waals surface area contributed by atoms with Crippen LogP contribution in [0.5, 0.6) is 0 Å². The summed E-state index contributed by atoms with van der Waals surface area (Å²) >= 11 is 1.14. The Balaban J connectivity index is 0. The summed E-state index contributed by atoms with van der Waals surface area (Å²) in [6.45, 7) is -0.778. The van der Waals surface area contributed by atoms with E-state index in [2.05, 4.69) is 0 Å². The van der Waals surface area contributed by atoms with Crippen molar-refractivity contribution in [2.24, 2.45) is 11.5 Å². The second-order valence-electron chi connectivity index (χ2n) is 3.16. The third-order valence-electron chi connectivity index (χ3n) is 2.01. The zero-order chi connectivity index (χ0) is 12.3. The van der Waals surface area contributed by atoms with Crippen LogP contribution in [0.4, 0.5) is 0 Å². The zero-order valence-electron chi connectivity index (χ0n) is 8.41. The van der Waals surface area contributed by atoms with E-state index >= 15 is 0 Å².